The van der Waals surface area contributed by atoms with Gasteiger partial charge in [-0.15, -0.1) is 0 Å². The van der Waals surface area contributed by atoms with Crippen LogP contribution in [0.3, 0.4) is 0 Å². The number of benzene rings is 1. The number of halogens is 2. The molecule has 3 nitrogen and oxygen atoms in total. The molecular formula is C14H20F2N2O. The molecule has 5 heteroatoms. The lowest BCUT2D eigenvalue weighted by atomic mass is 10.1. The second-order valence-electron chi connectivity index (χ2n) is 4.70. The van der Waals surface area contributed by atoms with Gasteiger partial charge < -0.3 is 10.6 Å². The minimum absolute atomic E-state index is 0.0230. The standard InChI is InChI=1S/C14H20F2N2O/c1-3-18(14(19)6-10(2)8-17)9-11-4-5-12(15)13(16)7-11/h4-5,7,10H,3,6,8-9,17H2,1-2H3. The molecule has 2 N–H and O–H groups in total. The summed E-state index contributed by atoms with van der Waals surface area (Å²) in [5.74, 6) is -1.68. The van der Waals surface area contributed by atoms with E-state index in [2.05, 4.69) is 0 Å². The van der Waals surface area contributed by atoms with Gasteiger partial charge >= 0.3 is 0 Å². The van der Waals surface area contributed by atoms with E-state index in [1.54, 1.807) is 4.90 Å². The van der Waals surface area contributed by atoms with Crippen LogP contribution in [0.25, 0.3) is 0 Å². The molecule has 1 aromatic carbocycles. The van der Waals surface area contributed by atoms with Crippen LogP contribution < -0.4 is 5.73 Å². The Balaban J connectivity index is 2.70. The molecule has 1 aromatic rings. The second kappa shape index (κ2) is 7.19. The number of hydrogen-bond acceptors (Lipinski definition) is 2. The van der Waals surface area contributed by atoms with Crippen molar-refractivity contribution in [3.63, 3.8) is 0 Å². The first-order valence-corrected chi connectivity index (χ1v) is 6.39. The maximum Gasteiger partial charge on any atom is 0.223 e. The molecule has 106 valence electrons. The highest BCUT2D eigenvalue weighted by Crippen LogP contribution is 2.13. The van der Waals surface area contributed by atoms with Gasteiger partial charge in [0.1, 0.15) is 0 Å². The predicted molar refractivity (Wildman–Crippen MR) is 70.3 cm³/mol. The molecule has 0 aliphatic heterocycles. The van der Waals surface area contributed by atoms with Crippen LogP contribution in [-0.4, -0.2) is 23.9 Å². The molecule has 0 saturated heterocycles. The van der Waals surface area contributed by atoms with Gasteiger partial charge in [0.05, 0.1) is 0 Å². The van der Waals surface area contributed by atoms with Crippen molar-refractivity contribution in [2.24, 2.45) is 11.7 Å². The normalized spacial score (nSPS) is 12.3. The number of nitrogens with two attached hydrogens (primary N) is 1. The van der Waals surface area contributed by atoms with Gasteiger partial charge in [-0.05, 0) is 37.1 Å². The van der Waals surface area contributed by atoms with Crippen LogP contribution >= 0.6 is 0 Å². The van der Waals surface area contributed by atoms with Crippen LogP contribution in [0.15, 0.2) is 18.2 Å². The number of carbonyl (C=O) groups is 1. The van der Waals surface area contributed by atoms with Gasteiger partial charge in [-0.1, -0.05) is 13.0 Å². The third-order valence-electron chi connectivity index (χ3n) is 3.02. The van der Waals surface area contributed by atoms with Gasteiger partial charge in [-0.25, -0.2) is 8.78 Å². The van der Waals surface area contributed by atoms with Crippen LogP contribution in [0, 0.1) is 17.6 Å². The van der Waals surface area contributed by atoms with Crippen LogP contribution in [0.2, 0.25) is 0 Å². The number of carbonyl (C=O) groups excluding carboxylic acids is 1. The Bertz CT molecular complexity index is 437. The van der Waals surface area contributed by atoms with E-state index in [0.717, 1.165) is 12.1 Å². The van der Waals surface area contributed by atoms with Crippen LogP contribution in [-0.2, 0) is 11.3 Å². The highest BCUT2D eigenvalue weighted by atomic mass is 19.2. The van der Waals surface area contributed by atoms with Gasteiger partial charge in [0.25, 0.3) is 0 Å². The van der Waals surface area contributed by atoms with Crippen LogP contribution in [0.4, 0.5) is 8.78 Å². The van der Waals surface area contributed by atoms with E-state index in [1.807, 2.05) is 13.8 Å². The Kier molecular flexibility index (Phi) is 5.89. The quantitative estimate of drug-likeness (QED) is 0.862. The molecular weight excluding hydrogens is 250 g/mol. The smallest absolute Gasteiger partial charge is 0.223 e. The van der Waals surface area contributed by atoms with Crippen molar-refractivity contribution in [3.05, 3.63) is 35.4 Å². The molecule has 1 amide bonds. The highest BCUT2D eigenvalue weighted by Gasteiger charge is 2.15. The Labute approximate surface area is 112 Å². The monoisotopic (exact) mass is 270 g/mol. The summed E-state index contributed by atoms with van der Waals surface area (Å²) < 4.78 is 25.9. The Hall–Kier alpha value is -1.49. The molecule has 1 atom stereocenters. The lowest BCUT2D eigenvalue weighted by Gasteiger charge is -2.22. The summed E-state index contributed by atoms with van der Waals surface area (Å²) in [6.45, 7) is 5.02. The van der Waals surface area contributed by atoms with Gasteiger partial charge in [0.2, 0.25) is 5.91 Å². The zero-order chi connectivity index (χ0) is 14.4. The minimum Gasteiger partial charge on any atom is -0.339 e. The van der Waals surface area contributed by atoms with E-state index in [1.165, 1.54) is 6.07 Å². The molecule has 0 aliphatic rings. The van der Waals surface area contributed by atoms with Gasteiger partial charge in [0, 0.05) is 19.5 Å². The highest BCUT2D eigenvalue weighted by molar-refractivity contribution is 5.76. The second-order valence-corrected chi connectivity index (χ2v) is 4.70. The number of hydrogen-bond donors (Lipinski definition) is 1. The first-order valence-electron chi connectivity index (χ1n) is 6.39. The molecule has 0 aliphatic carbocycles. The molecule has 19 heavy (non-hydrogen) atoms. The van der Waals surface area contributed by atoms with E-state index in [9.17, 15) is 13.6 Å². The van der Waals surface area contributed by atoms with Crippen molar-refractivity contribution in [2.75, 3.05) is 13.1 Å². The van der Waals surface area contributed by atoms with Crippen LogP contribution in [0.5, 0.6) is 0 Å². The summed E-state index contributed by atoms with van der Waals surface area (Å²) in [6.07, 6.45) is 0.369. The van der Waals surface area contributed by atoms with E-state index >= 15 is 0 Å². The molecule has 0 spiro atoms. The number of rotatable bonds is 6. The van der Waals surface area contributed by atoms with E-state index in [4.69, 9.17) is 5.73 Å². The van der Waals surface area contributed by atoms with Crippen molar-refractivity contribution in [2.45, 2.75) is 26.8 Å². The van der Waals surface area contributed by atoms with Crippen molar-refractivity contribution in [1.29, 1.82) is 0 Å². The zero-order valence-corrected chi connectivity index (χ0v) is 11.3. The fourth-order valence-electron chi connectivity index (χ4n) is 1.75. The third kappa shape index (κ3) is 4.59. The summed E-state index contributed by atoms with van der Waals surface area (Å²) >= 11 is 0. The molecule has 1 unspecified atom stereocenters. The molecule has 0 saturated carbocycles. The third-order valence-corrected chi connectivity index (χ3v) is 3.02. The molecule has 0 fully saturated rings. The Morgan fingerprint density at radius 3 is 2.58 bits per heavy atom. The first kappa shape index (κ1) is 15.6. The maximum absolute atomic E-state index is 13.1. The molecule has 1 rings (SSSR count). The average molecular weight is 270 g/mol. The average Bonchev–Trinajstić information content (AvgIpc) is 2.39. The minimum atomic E-state index is -0.892. The summed E-state index contributed by atoms with van der Waals surface area (Å²) in [6, 6.07) is 3.68. The lowest BCUT2D eigenvalue weighted by Crippen LogP contribution is -2.32. The van der Waals surface area contributed by atoms with E-state index < -0.39 is 11.6 Å². The molecule has 0 radical (unpaired) electrons. The fourth-order valence-corrected chi connectivity index (χ4v) is 1.75. The maximum atomic E-state index is 13.1. The summed E-state index contributed by atoms with van der Waals surface area (Å²) in [5, 5.41) is 0. The Morgan fingerprint density at radius 1 is 1.37 bits per heavy atom. The van der Waals surface area contributed by atoms with E-state index in [0.29, 0.717) is 25.1 Å². The van der Waals surface area contributed by atoms with Gasteiger partial charge in [0.15, 0.2) is 11.6 Å². The largest absolute Gasteiger partial charge is 0.339 e. The topological polar surface area (TPSA) is 46.3 Å². The lowest BCUT2D eigenvalue weighted by molar-refractivity contribution is -0.132. The van der Waals surface area contributed by atoms with Crippen molar-refractivity contribution in [3.8, 4) is 0 Å². The summed E-state index contributed by atoms with van der Waals surface area (Å²) in [4.78, 5) is 13.6. The number of amides is 1. The molecule has 0 aromatic heterocycles. The van der Waals surface area contributed by atoms with Gasteiger partial charge in [-0.3, -0.25) is 4.79 Å². The molecule has 0 bridgehead atoms. The van der Waals surface area contributed by atoms with Crippen molar-refractivity contribution < 1.29 is 13.6 Å². The molecule has 0 heterocycles. The fraction of sp³-hybridized carbons (Fsp3) is 0.500. The summed E-state index contributed by atoms with van der Waals surface area (Å²) in [5.41, 5.74) is 6.07. The van der Waals surface area contributed by atoms with Crippen molar-refractivity contribution >= 4 is 5.91 Å². The van der Waals surface area contributed by atoms with Crippen molar-refractivity contribution in [1.82, 2.24) is 4.90 Å². The summed E-state index contributed by atoms with van der Waals surface area (Å²) in [7, 11) is 0. The number of nitrogens with zero attached hydrogens (tertiary/aromatic N) is 1. The SMILES string of the molecule is CCN(Cc1ccc(F)c(F)c1)C(=O)CC(C)CN. The van der Waals surface area contributed by atoms with Gasteiger partial charge in [-0.2, -0.15) is 0 Å². The Morgan fingerprint density at radius 2 is 2.05 bits per heavy atom. The van der Waals surface area contributed by atoms with Crippen LogP contribution in [0.1, 0.15) is 25.8 Å². The van der Waals surface area contributed by atoms with E-state index in [-0.39, 0.29) is 18.4 Å². The predicted octanol–water partition coefficient (Wildman–Crippen LogP) is 2.30. The first-order chi connectivity index (χ1) is 8.97. The zero-order valence-electron chi connectivity index (χ0n) is 11.3.